The summed E-state index contributed by atoms with van der Waals surface area (Å²) in [5, 5.41) is 2.84. The van der Waals surface area contributed by atoms with Gasteiger partial charge >= 0.3 is 0 Å². The van der Waals surface area contributed by atoms with Crippen molar-refractivity contribution in [2.75, 3.05) is 32.6 Å². The molecule has 2 heterocycles. The number of fused-ring (bicyclic) bond motifs is 1. The summed E-state index contributed by atoms with van der Waals surface area (Å²) < 4.78 is 39.4. The third kappa shape index (κ3) is 4.42. The summed E-state index contributed by atoms with van der Waals surface area (Å²) in [6.45, 7) is 1.51. The quantitative estimate of drug-likeness (QED) is 0.557. The number of rotatable bonds is 8. The van der Waals surface area contributed by atoms with Crippen molar-refractivity contribution in [2.45, 2.75) is 30.7 Å². The largest absolute Gasteiger partial charge is 0.497 e. The molecule has 1 aromatic heterocycles. The molecule has 3 aromatic rings. The average molecular weight is 459 g/mol. The molecule has 0 spiro atoms. The van der Waals surface area contributed by atoms with Gasteiger partial charge in [-0.25, -0.2) is 13.4 Å². The molecule has 0 radical (unpaired) electrons. The first-order valence-corrected chi connectivity index (χ1v) is 11.8. The van der Waals surface area contributed by atoms with Gasteiger partial charge in [0.05, 0.1) is 42.2 Å². The molecule has 2 aromatic carbocycles. The zero-order valence-electron chi connectivity index (χ0n) is 18.1. The molecule has 0 saturated carbocycles. The van der Waals surface area contributed by atoms with Crippen molar-refractivity contribution in [2.24, 2.45) is 0 Å². The number of aromatic nitrogens is 2. The maximum atomic E-state index is 12.8. The third-order valence-corrected chi connectivity index (χ3v) is 7.45. The Morgan fingerprint density at radius 2 is 1.88 bits per heavy atom. The van der Waals surface area contributed by atoms with E-state index in [0.717, 1.165) is 18.4 Å². The van der Waals surface area contributed by atoms with Crippen LogP contribution in [0.4, 0.5) is 5.69 Å². The Hall–Kier alpha value is -3.11. The van der Waals surface area contributed by atoms with Gasteiger partial charge in [-0.2, -0.15) is 4.31 Å². The molecule has 1 saturated heterocycles. The number of imidazole rings is 1. The summed E-state index contributed by atoms with van der Waals surface area (Å²) in [4.78, 5) is 17.1. The van der Waals surface area contributed by atoms with Crippen molar-refractivity contribution in [3.8, 4) is 11.5 Å². The number of benzene rings is 2. The molecular formula is C22H26N4O5S. The standard InChI is InChI=1S/C22H26N4O5S/c1-30-16-5-8-21(31-2)19(13-16)24-22(27)9-12-25-15-23-18-14-17(6-7-20(18)25)32(28,29)26-10-3-4-11-26/h5-8,13-15H,3-4,9-12H2,1-2H3,(H,24,27). The van der Waals surface area contributed by atoms with Crippen LogP contribution in [0.2, 0.25) is 0 Å². The number of carbonyl (C=O) groups is 1. The molecule has 0 atom stereocenters. The zero-order chi connectivity index (χ0) is 22.7. The molecule has 4 rings (SSSR count). The minimum atomic E-state index is -3.50. The van der Waals surface area contributed by atoms with Gasteiger partial charge in [-0.1, -0.05) is 0 Å². The van der Waals surface area contributed by atoms with E-state index in [9.17, 15) is 13.2 Å². The van der Waals surface area contributed by atoms with Crippen molar-refractivity contribution < 1.29 is 22.7 Å². The van der Waals surface area contributed by atoms with Gasteiger partial charge in [0, 0.05) is 32.1 Å². The first kappa shape index (κ1) is 22.1. The van der Waals surface area contributed by atoms with Crippen LogP contribution in [0.5, 0.6) is 11.5 Å². The van der Waals surface area contributed by atoms with E-state index < -0.39 is 10.0 Å². The number of sulfonamides is 1. The molecule has 10 heteroatoms. The number of methoxy groups -OCH3 is 2. The average Bonchev–Trinajstić information content (AvgIpc) is 3.48. The minimum Gasteiger partial charge on any atom is -0.497 e. The van der Waals surface area contributed by atoms with Gasteiger partial charge in [0.25, 0.3) is 0 Å². The van der Waals surface area contributed by atoms with Gasteiger partial charge in [-0.3, -0.25) is 4.79 Å². The summed E-state index contributed by atoms with van der Waals surface area (Å²) in [6, 6.07) is 10.1. The molecule has 32 heavy (non-hydrogen) atoms. The van der Waals surface area contributed by atoms with Gasteiger partial charge in [0.1, 0.15) is 11.5 Å². The van der Waals surface area contributed by atoms with Crippen LogP contribution >= 0.6 is 0 Å². The summed E-state index contributed by atoms with van der Waals surface area (Å²) in [7, 11) is -0.406. The second-order valence-electron chi connectivity index (χ2n) is 7.56. The van der Waals surface area contributed by atoms with Crippen molar-refractivity contribution in [1.82, 2.24) is 13.9 Å². The normalized spacial score (nSPS) is 14.6. The third-order valence-electron chi connectivity index (χ3n) is 5.56. The van der Waals surface area contributed by atoms with Gasteiger partial charge < -0.3 is 19.4 Å². The second-order valence-corrected chi connectivity index (χ2v) is 9.50. The lowest BCUT2D eigenvalue weighted by Crippen LogP contribution is -2.27. The van der Waals surface area contributed by atoms with E-state index in [4.69, 9.17) is 9.47 Å². The molecule has 9 nitrogen and oxygen atoms in total. The monoisotopic (exact) mass is 458 g/mol. The molecule has 0 unspecified atom stereocenters. The van der Waals surface area contributed by atoms with E-state index >= 15 is 0 Å². The van der Waals surface area contributed by atoms with Crippen molar-refractivity contribution in [1.29, 1.82) is 0 Å². The van der Waals surface area contributed by atoms with E-state index in [0.29, 0.717) is 42.3 Å². The summed E-state index contributed by atoms with van der Waals surface area (Å²) >= 11 is 0. The summed E-state index contributed by atoms with van der Waals surface area (Å²) in [5.41, 5.74) is 1.89. The van der Waals surface area contributed by atoms with Crippen LogP contribution < -0.4 is 14.8 Å². The number of aryl methyl sites for hydroxylation is 1. The van der Waals surface area contributed by atoms with Crippen LogP contribution in [-0.4, -0.2) is 55.5 Å². The molecule has 1 N–H and O–H groups in total. The molecule has 0 aliphatic carbocycles. The number of hydrogen-bond donors (Lipinski definition) is 1. The Morgan fingerprint density at radius 3 is 2.59 bits per heavy atom. The second kappa shape index (κ2) is 9.17. The Bertz CT molecular complexity index is 1230. The Kier molecular flexibility index (Phi) is 6.33. The van der Waals surface area contributed by atoms with Crippen LogP contribution in [0.3, 0.4) is 0 Å². The van der Waals surface area contributed by atoms with Crippen LogP contribution in [0.15, 0.2) is 47.6 Å². The van der Waals surface area contributed by atoms with Crippen LogP contribution in [-0.2, 0) is 21.4 Å². The number of anilines is 1. The maximum absolute atomic E-state index is 12.8. The highest BCUT2D eigenvalue weighted by Crippen LogP contribution is 2.29. The Labute approximate surface area is 187 Å². The highest BCUT2D eigenvalue weighted by molar-refractivity contribution is 7.89. The van der Waals surface area contributed by atoms with E-state index in [1.165, 1.54) is 11.4 Å². The zero-order valence-corrected chi connectivity index (χ0v) is 18.9. The van der Waals surface area contributed by atoms with Crippen LogP contribution in [0, 0.1) is 0 Å². The Balaban J connectivity index is 1.45. The smallest absolute Gasteiger partial charge is 0.243 e. The number of carbonyl (C=O) groups excluding carboxylic acids is 1. The van der Waals surface area contributed by atoms with Crippen LogP contribution in [0.1, 0.15) is 19.3 Å². The van der Waals surface area contributed by atoms with Crippen molar-refractivity contribution >= 4 is 32.7 Å². The SMILES string of the molecule is COc1ccc(OC)c(NC(=O)CCn2cnc3cc(S(=O)(=O)N4CCCC4)ccc32)c1. The van der Waals surface area contributed by atoms with Gasteiger partial charge in [0.2, 0.25) is 15.9 Å². The molecule has 1 aliphatic rings. The fraction of sp³-hybridized carbons (Fsp3) is 0.364. The lowest BCUT2D eigenvalue weighted by Gasteiger charge is -2.15. The molecular weight excluding hydrogens is 432 g/mol. The fourth-order valence-electron chi connectivity index (χ4n) is 3.81. The summed E-state index contributed by atoms with van der Waals surface area (Å²) in [5.74, 6) is 0.965. The number of nitrogens with one attached hydrogen (secondary N) is 1. The summed E-state index contributed by atoms with van der Waals surface area (Å²) in [6.07, 6.45) is 3.61. The first-order valence-electron chi connectivity index (χ1n) is 10.4. The van der Waals surface area contributed by atoms with Gasteiger partial charge in [-0.05, 0) is 43.2 Å². The van der Waals surface area contributed by atoms with E-state index in [1.54, 1.807) is 49.8 Å². The number of nitrogens with zero attached hydrogens (tertiary/aromatic N) is 3. The fourth-order valence-corrected chi connectivity index (χ4v) is 5.34. The van der Waals surface area contributed by atoms with Gasteiger partial charge in [0.15, 0.2) is 0 Å². The Morgan fingerprint density at radius 1 is 1.09 bits per heavy atom. The van der Waals surface area contributed by atoms with Crippen molar-refractivity contribution in [3.63, 3.8) is 0 Å². The predicted molar refractivity (Wildman–Crippen MR) is 121 cm³/mol. The minimum absolute atomic E-state index is 0.188. The number of amides is 1. The molecule has 1 aliphatic heterocycles. The highest BCUT2D eigenvalue weighted by Gasteiger charge is 2.27. The molecule has 1 fully saturated rings. The van der Waals surface area contributed by atoms with Crippen molar-refractivity contribution in [3.05, 3.63) is 42.7 Å². The predicted octanol–water partition coefficient (Wildman–Crippen LogP) is 2.87. The van der Waals surface area contributed by atoms with E-state index in [1.807, 2.05) is 4.57 Å². The highest BCUT2D eigenvalue weighted by atomic mass is 32.2. The lowest BCUT2D eigenvalue weighted by molar-refractivity contribution is -0.116. The topological polar surface area (TPSA) is 103 Å². The molecule has 1 amide bonds. The lowest BCUT2D eigenvalue weighted by atomic mass is 10.2. The van der Waals surface area contributed by atoms with E-state index in [-0.39, 0.29) is 17.2 Å². The number of ether oxygens (including phenoxy) is 2. The van der Waals surface area contributed by atoms with Crippen LogP contribution in [0.25, 0.3) is 11.0 Å². The number of hydrogen-bond acceptors (Lipinski definition) is 6. The van der Waals surface area contributed by atoms with Gasteiger partial charge in [-0.15, -0.1) is 0 Å². The first-order chi connectivity index (χ1) is 15.4. The molecule has 0 bridgehead atoms. The molecule has 170 valence electrons. The van der Waals surface area contributed by atoms with E-state index in [2.05, 4.69) is 10.3 Å². The maximum Gasteiger partial charge on any atom is 0.243 e.